The standard InChI is InChI=1S/C9H15BrN2S/c1-9(2,3-4-11)12-8-5-7(10)6-13-8/h5-6,12H,3-4,11H2,1-2H3. The normalized spacial score (nSPS) is 11.7. The van der Waals surface area contributed by atoms with Gasteiger partial charge in [0.25, 0.3) is 0 Å². The Balaban J connectivity index is 2.57. The van der Waals surface area contributed by atoms with Crippen LogP contribution in [0.2, 0.25) is 0 Å². The van der Waals surface area contributed by atoms with Crippen molar-refractivity contribution in [1.29, 1.82) is 0 Å². The first-order chi connectivity index (χ1) is 6.03. The van der Waals surface area contributed by atoms with E-state index in [1.165, 1.54) is 5.00 Å². The molecule has 0 amide bonds. The van der Waals surface area contributed by atoms with Gasteiger partial charge in [-0.25, -0.2) is 0 Å². The lowest BCUT2D eigenvalue weighted by Crippen LogP contribution is -2.32. The number of halogens is 1. The molecule has 3 N–H and O–H groups in total. The van der Waals surface area contributed by atoms with Crippen molar-refractivity contribution in [2.45, 2.75) is 25.8 Å². The molecule has 0 atom stereocenters. The number of hydrogen-bond acceptors (Lipinski definition) is 3. The minimum absolute atomic E-state index is 0.0824. The van der Waals surface area contributed by atoms with Gasteiger partial charge in [-0.15, -0.1) is 11.3 Å². The van der Waals surface area contributed by atoms with Gasteiger partial charge in [0.05, 0.1) is 5.00 Å². The molecule has 4 heteroatoms. The van der Waals surface area contributed by atoms with Crippen molar-refractivity contribution in [3.8, 4) is 0 Å². The van der Waals surface area contributed by atoms with E-state index in [2.05, 4.69) is 46.5 Å². The summed E-state index contributed by atoms with van der Waals surface area (Å²) < 4.78 is 1.13. The second kappa shape index (κ2) is 4.44. The zero-order valence-corrected chi connectivity index (χ0v) is 10.3. The highest BCUT2D eigenvalue weighted by Crippen LogP contribution is 2.27. The summed E-state index contributed by atoms with van der Waals surface area (Å²) in [5.41, 5.74) is 5.61. The fourth-order valence-electron chi connectivity index (χ4n) is 1.14. The van der Waals surface area contributed by atoms with Gasteiger partial charge in [-0.2, -0.15) is 0 Å². The first-order valence-electron chi connectivity index (χ1n) is 4.26. The summed E-state index contributed by atoms with van der Waals surface area (Å²) in [6.45, 7) is 5.04. The second-order valence-corrected chi connectivity index (χ2v) is 5.50. The Labute approximate surface area is 91.7 Å². The molecule has 1 aromatic heterocycles. The van der Waals surface area contributed by atoms with Crippen LogP contribution in [0.15, 0.2) is 15.9 Å². The van der Waals surface area contributed by atoms with Crippen LogP contribution >= 0.6 is 27.3 Å². The van der Waals surface area contributed by atoms with E-state index in [9.17, 15) is 0 Å². The third-order valence-electron chi connectivity index (χ3n) is 1.80. The molecule has 0 aliphatic rings. The molecule has 1 heterocycles. The van der Waals surface area contributed by atoms with Crippen LogP contribution in [-0.4, -0.2) is 12.1 Å². The molecule has 0 unspecified atom stereocenters. The van der Waals surface area contributed by atoms with Crippen molar-refractivity contribution in [3.63, 3.8) is 0 Å². The van der Waals surface area contributed by atoms with Crippen molar-refractivity contribution in [2.24, 2.45) is 5.73 Å². The quantitative estimate of drug-likeness (QED) is 0.876. The lowest BCUT2D eigenvalue weighted by molar-refractivity contribution is 0.528. The van der Waals surface area contributed by atoms with E-state index in [4.69, 9.17) is 5.73 Å². The minimum atomic E-state index is 0.0824. The maximum absolute atomic E-state index is 5.53. The molecule has 0 aliphatic heterocycles. The largest absolute Gasteiger partial charge is 0.372 e. The molecule has 0 aromatic carbocycles. The first kappa shape index (κ1) is 11.0. The average Bonchev–Trinajstić information content (AvgIpc) is 2.34. The number of thiophene rings is 1. The zero-order valence-electron chi connectivity index (χ0n) is 7.93. The highest BCUT2D eigenvalue weighted by molar-refractivity contribution is 9.10. The summed E-state index contributed by atoms with van der Waals surface area (Å²) in [4.78, 5) is 0. The van der Waals surface area contributed by atoms with Crippen molar-refractivity contribution < 1.29 is 0 Å². The van der Waals surface area contributed by atoms with Crippen LogP contribution in [0.5, 0.6) is 0 Å². The van der Waals surface area contributed by atoms with Crippen molar-refractivity contribution >= 4 is 32.3 Å². The van der Waals surface area contributed by atoms with E-state index < -0.39 is 0 Å². The molecule has 0 radical (unpaired) electrons. The van der Waals surface area contributed by atoms with Gasteiger partial charge in [0.15, 0.2) is 0 Å². The van der Waals surface area contributed by atoms with Gasteiger partial charge in [-0.05, 0) is 48.8 Å². The predicted molar refractivity (Wildman–Crippen MR) is 63.4 cm³/mol. The smallest absolute Gasteiger partial charge is 0.0898 e. The van der Waals surface area contributed by atoms with Crippen LogP contribution in [-0.2, 0) is 0 Å². The molecule has 13 heavy (non-hydrogen) atoms. The van der Waals surface area contributed by atoms with Crippen LogP contribution in [0.1, 0.15) is 20.3 Å². The van der Waals surface area contributed by atoms with Crippen LogP contribution in [0.25, 0.3) is 0 Å². The summed E-state index contributed by atoms with van der Waals surface area (Å²) in [7, 11) is 0. The third kappa shape index (κ3) is 3.67. The maximum Gasteiger partial charge on any atom is 0.0898 e. The van der Waals surface area contributed by atoms with E-state index >= 15 is 0 Å². The fraction of sp³-hybridized carbons (Fsp3) is 0.556. The predicted octanol–water partition coefficient (Wildman–Crippen LogP) is 3.05. The third-order valence-corrected chi connectivity index (χ3v) is 3.40. The zero-order chi connectivity index (χ0) is 9.90. The molecule has 1 aromatic rings. The number of hydrogen-bond donors (Lipinski definition) is 2. The molecule has 0 spiro atoms. The molecule has 0 aliphatic carbocycles. The Morgan fingerprint density at radius 2 is 2.31 bits per heavy atom. The van der Waals surface area contributed by atoms with E-state index in [1.807, 2.05) is 0 Å². The average molecular weight is 263 g/mol. The second-order valence-electron chi connectivity index (χ2n) is 3.68. The summed E-state index contributed by atoms with van der Waals surface area (Å²) in [6.07, 6.45) is 0.975. The van der Waals surface area contributed by atoms with E-state index in [1.54, 1.807) is 11.3 Å². The molecule has 0 bridgehead atoms. The molecule has 0 saturated carbocycles. The Bertz CT molecular complexity index is 270. The lowest BCUT2D eigenvalue weighted by Gasteiger charge is -2.25. The lowest BCUT2D eigenvalue weighted by atomic mass is 10.0. The van der Waals surface area contributed by atoms with Gasteiger partial charge >= 0.3 is 0 Å². The number of rotatable bonds is 4. The number of anilines is 1. The van der Waals surface area contributed by atoms with Crippen LogP contribution < -0.4 is 11.1 Å². The summed E-state index contributed by atoms with van der Waals surface area (Å²) in [5.74, 6) is 0. The molecule has 0 fully saturated rings. The topological polar surface area (TPSA) is 38.0 Å². The van der Waals surface area contributed by atoms with E-state index in [0.29, 0.717) is 6.54 Å². The van der Waals surface area contributed by atoms with E-state index in [-0.39, 0.29) is 5.54 Å². The molecule has 1 rings (SSSR count). The van der Waals surface area contributed by atoms with Gasteiger partial charge in [-0.3, -0.25) is 0 Å². The Kier molecular flexibility index (Phi) is 3.76. The van der Waals surface area contributed by atoms with Crippen molar-refractivity contribution in [3.05, 3.63) is 15.9 Å². The van der Waals surface area contributed by atoms with Crippen molar-refractivity contribution in [1.82, 2.24) is 0 Å². The van der Waals surface area contributed by atoms with E-state index in [0.717, 1.165) is 10.9 Å². The van der Waals surface area contributed by atoms with Crippen LogP contribution in [0, 0.1) is 0 Å². The van der Waals surface area contributed by atoms with Crippen LogP contribution in [0.4, 0.5) is 5.00 Å². The Morgan fingerprint density at radius 3 is 2.77 bits per heavy atom. The fourth-order valence-corrected chi connectivity index (χ4v) is 2.63. The summed E-state index contributed by atoms with van der Waals surface area (Å²) in [5, 5.41) is 6.70. The van der Waals surface area contributed by atoms with Gasteiger partial charge in [-0.1, -0.05) is 0 Å². The molecule has 0 saturated heterocycles. The maximum atomic E-state index is 5.53. The first-order valence-corrected chi connectivity index (χ1v) is 5.93. The number of nitrogens with two attached hydrogens (primary N) is 1. The monoisotopic (exact) mass is 262 g/mol. The van der Waals surface area contributed by atoms with Gasteiger partial charge < -0.3 is 11.1 Å². The SMILES string of the molecule is CC(C)(CCN)Nc1cc(Br)cs1. The molecular formula is C9H15BrN2S. The molecule has 2 nitrogen and oxygen atoms in total. The minimum Gasteiger partial charge on any atom is -0.372 e. The van der Waals surface area contributed by atoms with Gasteiger partial charge in [0.1, 0.15) is 0 Å². The molecule has 74 valence electrons. The highest BCUT2D eigenvalue weighted by Gasteiger charge is 2.16. The summed E-state index contributed by atoms with van der Waals surface area (Å²) >= 11 is 5.13. The Morgan fingerprint density at radius 1 is 1.62 bits per heavy atom. The van der Waals surface area contributed by atoms with Crippen molar-refractivity contribution in [2.75, 3.05) is 11.9 Å². The van der Waals surface area contributed by atoms with Gasteiger partial charge in [0.2, 0.25) is 0 Å². The van der Waals surface area contributed by atoms with Crippen LogP contribution in [0.3, 0.4) is 0 Å². The highest BCUT2D eigenvalue weighted by atomic mass is 79.9. The number of nitrogens with one attached hydrogen (secondary N) is 1. The van der Waals surface area contributed by atoms with Gasteiger partial charge in [0, 0.05) is 15.4 Å². The Hall–Kier alpha value is -0.0600. The summed E-state index contributed by atoms with van der Waals surface area (Å²) in [6, 6.07) is 2.09. The molecular weight excluding hydrogens is 248 g/mol.